The number of hydrogen-bond donors (Lipinski definition) is 3. The first kappa shape index (κ1) is 28.1. The molecule has 1 fully saturated rings. The number of aromatic nitrogens is 2. The van der Waals surface area contributed by atoms with Crippen LogP contribution in [0.2, 0.25) is 10.3 Å². The van der Waals surface area contributed by atoms with Gasteiger partial charge < -0.3 is 29.6 Å². The largest absolute Gasteiger partial charge is 0.481 e. The van der Waals surface area contributed by atoms with Crippen molar-refractivity contribution >= 4 is 35.1 Å². The molecule has 0 unspecified atom stereocenters. The number of carboxylic acids is 1. The Kier molecular flexibility index (Phi) is 9.40. The van der Waals surface area contributed by atoms with Gasteiger partial charge >= 0.3 is 5.97 Å². The summed E-state index contributed by atoms with van der Waals surface area (Å²) in [5.41, 5.74) is 3.43. The molecule has 9 nitrogen and oxygen atoms in total. The summed E-state index contributed by atoms with van der Waals surface area (Å²) in [4.78, 5) is 26.5. The maximum atomic E-state index is 11.8. The van der Waals surface area contributed by atoms with Gasteiger partial charge in [-0.05, 0) is 16.7 Å². The molecule has 2 aromatic carbocycles. The SMILES string of the molecule is C[C@H]1[C@@H](Cn2cnc(Cl)c2Cl)O[C@@H](c2ccc(CNC(=O)CCC(=O)O)cc2)O[C@H]1c1ccc(CO)cc1. The molecule has 0 radical (unpaired) electrons. The van der Waals surface area contributed by atoms with Gasteiger partial charge in [0.1, 0.15) is 5.15 Å². The first-order valence-corrected chi connectivity index (χ1v) is 12.9. The van der Waals surface area contributed by atoms with Crippen LogP contribution in [0.4, 0.5) is 0 Å². The zero-order valence-electron chi connectivity index (χ0n) is 20.7. The summed E-state index contributed by atoms with van der Waals surface area (Å²) in [6.45, 7) is 2.71. The summed E-state index contributed by atoms with van der Waals surface area (Å²) >= 11 is 12.4. The van der Waals surface area contributed by atoms with Gasteiger partial charge in [-0.25, -0.2) is 4.98 Å². The smallest absolute Gasteiger partial charge is 0.303 e. The van der Waals surface area contributed by atoms with Crippen LogP contribution in [0.15, 0.2) is 54.9 Å². The molecule has 202 valence electrons. The molecule has 3 aromatic rings. The van der Waals surface area contributed by atoms with Gasteiger partial charge in [-0.3, -0.25) is 9.59 Å². The van der Waals surface area contributed by atoms with Crippen molar-refractivity contribution in [1.29, 1.82) is 0 Å². The van der Waals surface area contributed by atoms with Crippen LogP contribution in [-0.4, -0.2) is 37.7 Å². The Bertz CT molecular complexity index is 1250. The number of ether oxygens (including phenoxy) is 2. The van der Waals surface area contributed by atoms with E-state index in [1.54, 1.807) is 10.9 Å². The predicted octanol–water partition coefficient (Wildman–Crippen LogP) is 4.65. The van der Waals surface area contributed by atoms with Crippen molar-refractivity contribution < 1.29 is 29.3 Å². The molecule has 38 heavy (non-hydrogen) atoms. The molecule has 0 aliphatic carbocycles. The Balaban J connectivity index is 1.51. The van der Waals surface area contributed by atoms with E-state index >= 15 is 0 Å². The number of aliphatic hydroxyl groups excluding tert-OH is 1. The van der Waals surface area contributed by atoms with E-state index in [4.69, 9.17) is 37.8 Å². The number of imidazole rings is 1. The van der Waals surface area contributed by atoms with Crippen LogP contribution >= 0.6 is 23.2 Å². The quantitative estimate of drug-likeness (QED) is 0.329. The third-order valence-corrected chi connectivity index (χ3v) is 7.31. The Labute approximate surface area is 230 Å². The van der Waals surface area contributed by atoms with Gasteiger partial charge in [-0.2, -0.15) is 0 Å². The first-order valence-electron chi connectivity index (χ1n) is 12.2. The molecule has 4 atom stereocenters. The first-order chi connectivity index (χ1) is 18.2. The standard InChI is InChI=1S/C27H29Cl2N3O6/c1-16-21(13-32-15-31-25(28)26(32)29)37-27(38-24(16)19-6-4-18(14-33)5-7-19)20-8-2-17(3-9-20)12-30-22(34)10-11-23(35)36/h2-9,15-16,21,24,27,33H,10-14H2,1H3,(H,30,34)(H,35,36)/t16-,21+,24+,27+/m0/s1. The van der Waals surface area contributed by atoms with Gasteiger partial charge in [-0.15, -0.1) is 0 Å². The van der Waals surface area contributed by atoms with E-state index in [1.807, 2.05) is 55.5 Å². The van der Waals surface area contributed by atoms with Gasteiger partial charge in [0, 0.05) is 24.4 Å². The Hall–Kier alpha value is -2.95. The van der Waals surface area contributed by atoms with E-state index < -0.39 is 12.3 Å². The Morgan fingerprint density at radius 1 is 1.00 bits per heavy atom. The summed E-state index contributed by atoms with van der Waals surface area (Å²) in [6, 6.07) is 15.1. The zero-order valence-corrected chi connectivity index (χ0v) is 22.2. The molecule has 1 saturated heterocycles. The molecule has 1 aliphatic heterocycles. The van der Waals surface area contributed by atoms with Crippen molar-refractivity contribution in [1.82, 2.24) is 14.9 Å². The summed E-state index contributed by atoms with van der Waals surface area (Å²) in [7, 11) is 0. The number of aliphatic carboxylic acids is 1. The van der Waals surface area contributed by atoms with Gasteiger partial charge in [0.05, 0.1) is 38.1 Å². The maximum absolute atomic E-state index is 11.8. The lowest BCUT2D eigenvalue weighted by molar-refractivity contribution is -0.276. The molecular formula is C27H29Cl2N3O6. The molecule has 0 saturated carbocycles. The minimum atomic E-state index is -1.01. The third-order valence-electron chi connectivity index (χ3n) is 6.54. The van der Waals surface area contributed by atoms with E-state index in [9.17, 15) is 14.7 Å². The van der Waals surface area contributed by atoms with Crippen molar-refractivity contribution in [3.63, 3.8) is 0 Å². The van der Waals surface area contributed by atoms with Crippen molar-refractivity contribution in [2.75, 3.05) is 0 Å². The van der Waals surface area contributed by atoms with Crippen molar-refractivity contribution in [2.24, 2.45) is 5.92 Å². The topological polar surface area (TPSA) is 123 Å². The molecule has 11 heteroatoms. The second-order valence-corrected chi connectivity index (χ2v) is 9.93. The number of carbonyl (C=O) groups is 2. The minimum Gasteiger partial charge on any atom is -0.481 e. The predicted molar refractivity (Wildman–Crippen MR) is 140 cm³/mol. The molecule has 1 amide bonds. The average Bonchev–Trinajstić information content (AvgIpc) is 3.24. The van der Waals surface area contributed by atoms with Crippen LogP contribution < -0.4 is 5.32 Å². The summed E-state index contributed by atoms with van der Waals surface area (Å²) in [5.74, 6) is -1.38. The highest BCUT2D eigenvalue weighted by atomic mass is 35.5. The molecule has 0 spiro atoms. The molecule has 3 N–H and O–H groups in total. The van der Waals surface area contributed by atoms with Crippen LogP contribution in [0.1, 0.15) is 54.4 Å². The highest BCUT2D eigenvalue weighted by molar-refractivity contribution is 6.40. The lowest BCUT2D eigenvalue weighted by Crippen LogP contribution is -2.39. The van der Waals surface area contributed by atoms with Crippen molar-refractivity contribution in [3.8, 4) is 0 Å². The van der Waals surface area contributed by atoms with Gasteiger partial charge in [-0.1, -0.05) is 78.7 Å². The maximum Gasteiger partial charge on any atom is 0.303 e. The van der Waals surface area contributed by atoms with E-state index in [-0.39, 0.29) is 55.2 Å². The number of rotatable bonds is 10. The highest BCUT2D eigenvalue weighted by Gasteiger charge is 2.38. The second-order valence-electron chi connectivity index (χ2n) is 9.21. The Morgan fingerprint density at radius 2 is 1.66 bits per heavy atom. The monoisotopic (exact) mass is 561 g/mol. The van der Waals surface area contributed by atoms with Gasteiger partial charge in [0.2, 0.25) is 5.91 Å². The van der Waals surface area contributed by atoms with E-state index in [1.165, 1.54) is 0 Å². The number of carbonyl (C=O) groups excluding carboxylic acids is 1. The fourth-order valence-corrected chi connectivity index (χ4v) is 4.61. The lowest BCUT2D eigenvalue weighted by Gasteiger charge is -2.41. The third kappa shape index (κ3) is 6.92. The number of benzene rings is 2. The molecule has 0 bridgehead atoms. The normalized spacial score (nSPS) is 21.3. The number of nitrogens with one attached hydrogen (secondary N) is 1. The number of amides is 1. The minimum absolute atomic E-state index is 0.0397. The van der Waals surface area contributed by atoms with E-state index in [2.05, 4.69) is 10.3 Å². The highest BCUT2D eigenvalue weighted by Crippen LogP contribution is 2.42. The number of nitrogens with zero attached hydrogens (tertiary/aromatic N) is 2. The lowest BCUT2D eigenvalue weighted by atomic mass is 9.90. The summed E-state index contributed by atoms with van der Waals surface area (Å²) < 4.78 is 14.6. The summed E-state index contributed by atoms with van der Waals surface area (Å²) in [6.07, 6.45) is 0.0564. The molecule has 1 aromatic heterocycles. The van der Waals surface area contributed by atoms with Gasteiger partial charge in [0.15, 0.2) is 11.4 Å². The van der Waals surface area contributed by atoms with Crippen LogP contribution in [0.25, 0.3) is 0 Å². The Morgan fingerprint density at radius 3 is 2.26 bits per heavy atom. The number of carboxylic acid groups (broad SMARTS) is 1. The molecule has 1 aliphatic rings. The van der Waals surface area contributed by atoms with Crippen molar-refractivity contribution in [2.45, 2.75) is 58.0 Å². The number of hydrogen-bond acceptors (Lipinski definition) is 6. The van der Waals surface area contributed by atoms with Gasteiger partial charge in [0.25, 0.3) is 0 Å². The molecule has 4 rings (SSSR count). The van der Waals surface area contributed by atoms with Crippen LogP contribution in [-0.2, 0) is 38.8 Å². The van der Waals surface area contributed by atoms with Crippen LogP contribution in [0.5, 0.6) is 0 Å². The van der Waals surface area contributed by atoms with E-state index in [0.717, 1.165) is 22.3 Å². The number of halogens is 2. The van der Waals surface area contributed by atoms with Crippen LogP contribution in [0.3, 0.4) is 0 Å². The fraction of sp³-hybridized carbons (Fsp3) is 0.370. The zero-order chi connectivity index (χ0) is 27.2. The fourth-order valence-electron chi connectivity index (χ4n) is 4.29. The average molecular weight is 562 g/mol. The van der Waals surface area contributed by atoms with Crippen molar-refractivity contribution in [3.05, 3.63) is 87.4 Å². The second kappa shape index (κ2) is 12.7. The number of aliphatic hydroxyl groups is 1. The van der Waals surface area contributed by atoms with E-state index in [0.29, 0.717) is 11.7 Å². The summed E-state index contributed by atoms with van der Waals surface area (Å²) in [5, 5.41) is 21.4. The molecular weight excluding hydrogens is 533 g/mol. The van der Waals surface area contributed by atoms with Crippen LogP contribution in [0, 0.1) is 5.92 Å². The molecule has 2 heterocycles.